The fraction of sp³-hybridized carbons (Fsp3) is 0. The summed E-state index contributed by atoms with van der Waals surface area (Å²) in [5.41, 5.74) is 0.822. The number of nitrogens with zero attached hydrogens (tertiary/aromatic N) is 2. The first-order chi connectivity index (χ1) is 10.6. The van der Waals surface area contributed by atoms with Gasteiger partial charge in [0.15, 0.2) is 0 Å². The molecular weight excluding hydrogens is 366 g/mol. The van der Waals surface area contributed by atoms with Gasteiger partial charge in [0.25, 0.3) is 5.56 Å². The van der Waals surface area contributed by atoms with Crippen LogP contribution in [0.25, 0.3) is 10.9 Å². The minimum absolute atomic E-state index is 0.0655. The van der Waals surface area contributed by atoms with Crippen LogP contribution < -0.4 is 5.56 Å². The van der Waals surface area contributed by atoms with Gasteiger partial charge in [0.1, 0.15) is 5.75 Å². The zero-order chi connectivity index (χ0) is 15.7. The Morgan fingerprint density at radius 2 is 2.05 bits per heavy atom. The van der Waals surface area contributed by atoms with E-state index >= 15 is 0 Å². The summed E-state index contributed by atoms with van der Waals surface area (Å²) in [6.45, 7) is 0. The lowest BCUT2D eigenvalue weighted by molar-refractivity contribution is 0.474. The molecule has 7 heteroatoms. The molecule has 3 aromatic rings. The molecule has 0 aliphatic rings. The van der Waals surface area contributed by atoms with Gasteiger partial charge >= 0.3 is 0 Å². The Labute approximate surface area is 138 Å². The van der Waals surface area contributed by atoms with Gasteiger partial charge in [0.2, 0.25) is 4.77 Å². The smallest absolute Gasteiger partial charge is 0.282 e. The molecule has 1 aromatic heterocycles. The first-order valence-corrected chi connectivity index (χ1v) is 7.53. The van der Waals surface area contributed by atoms with Crippen LogP contribution in [-0.2, 0) is 0 Å². The number of hydrogen-bond donors (Lipinski definition) is 2. The summed E-state index contributed by atoms with van der Waals surface area (Å²) < 4.78 is 2.08. The molecule has 0 radical (unpaired) electrons. The molecule has 0 bridgehead atoms. The molecule has 0 fully saturated rings. The lowest BCUT2D eigenvalue weighted by Gasteiger charge is -2.03. The van der Waals surface area contributed by atoms with Crippen LogP contribution in [0.15, 0.2) is 56.8 Å². The molecule has 1 heterocycles. The van der Waals surface area contributed by atoms with E-state index in [-0.39, 0.29) is 16.1 Å². The molecule has 5 nitrogen and oxygen atoms in total. The Balaban J connectivity index is 2.15. The van der Waals surface area contributed by atoms with Gasteiger partial charge in [-0.05, 0) is 42.5 Å². The van der Waals surface area contributed by atoms with Gasteiger partial charge < -0.3 is 10.1 Å². The van der Waals surface area contributed by atoms with E-state index in [1.54, 1.807) is 30.3 Å². The molecular formula is C15H10BrN3O2S. The normalized spacial score (nSPS) is 11.3. The van der Waals surface area contributed by atoms with Gasteiger partial charge in [-0.1, -0.05) is 28.1 Å². The number of phenols is 1. The van der Waals surface area contributed by atoms with Gasteiger partial charge in [-0.15, -0.1) is 0 Å². The Morgan fingerprint density at radius 1 is 1.27 bits per heavy atom. The summed E-state index contributed by atoms with van der Waals surface area (Å²) in [4.78, 5) is 15.4. The quantitative estimate of drug-likeness (QED) is 0.532. The molecule has 110 valence electrons. The van der Waals surface area contributed by atoms with Crippen molar-refractivity contribution in [1.29, 1.82) is 0 Å². The van der Waals surface area contributed by atoms with Crippen LogP contribution >= 0.6 is 28.1 Å². The van der Waals surface area contributed by atoms with Crippen LogP contribution in [0, 0.1) is 4.77 Å². The van der Waals surface area contributed by atoms with E-state index in [1.165, 1.54) is 12.3 Å². The van der Waals surface area contributed by atoms with E-state index in [1.807, 2.05) is 6.07 Å². The van der Waals surface area contributed by atoms with E-state index in [9.17, 15) is 9.90 Å². The van der Waals surface area contributed by atoms with Crippen molar-refractivity contribution in [2.45, 2.75) is 0 Å². The van der Waals surface area contributed by atoms with Crippen molar-refractivity contribution in [3.63, 3.8) is 0 Å². The molecule has 0 aliphatic carbocycles. The highest BCUT2D eigenvalue weighted by molar-refractivity contribution is 9.10. The number of phenolic OH excluding ortho intramolecular Hbond substituents is 1. The van der Waals surface area contributed by atoms with Crippen molar-refractivity contribution in [2.75, 3.05) is 0 Å². The molecule has 2 aromatic carbocycles. The van der Waals surface area contributed by atoms with Crippen molar-refractivity contribution in [3.8, 4) is 5.75 Å². The molecule has 0 aliphatic heterocycles. The fourth-order valence-corrected chi connectivity index (χ4v) is 2.63. The number of aromatic amines is 1. The molecule has 0 unspecified atom stereocenters. The third-order valence-electron chi connectivity index (χ3n) is 3.09. The zero-order valence-corrected chi connectivity index (χ0v) is 13.6. The molecule has 0 atom stereocenters. The maximum absolute atomic E-state index is 12.4. The molecule has 0 saturated carbocycles. The lowest BCUT2D eigenvalue weighted by Crippen LogP contribution is -2.18. The fourth-order valence-electron chi connectivity index (χ4n) is 2.01. The Morgan fingerprint density at radius 3 is 2.86 bits per heavy atom. The second-order valence-corrected chi connectivity index (χ2v) is 5.84. The molecule has 22 heavy (non-hydrogen) atoms. The summed E-state index contributed by atoms with van der Waals surface area (Å²) >= 11 is 8.48. The summed E-state index contributed by atoms with van der Waals surface area (Å²) in [6, 6.07) is 12.0. The molecule has 0 saturated heterocycles. The van der Waals surface area contributed by atoms with Crippen molar-refractivity contribution in [3.05, 3.63) is 67.6 Å². The number of hydrogen-bond acceptors (Lipinski definition) is 4. The first kappa shape index (κ1) is 14.7. The van der Waals surface area contributed by atoms with Gasteiger partial charge in [0, 0.05) is 10.0 Å². The zero-order valence-electron chi connectivity index (χ0n) is 11.2. The number of benzene rings is 2. The molecule has 0 amide bonds. The number of para-hydroxylation sites is 1. The Bertz CT molecular complexity index is 1010. The predicted octanol–water partition coefficient (Wildman–Crippen LogP) is 3.41. The van der Waals surface area contributed by atoms with Gasteiger partial charge in [-0.2, -0.15) is 9.78 Å². The van der Waals surface area contributed by atoms with Crippen LogP contribution in [0.1, 0.15) is 5.56 Å². The van der Waals surface area contributed by atoms with Gasteiger partial charge in [-0.3, -0.25) is 4.79 Å². The summed E-state index contributed by atoms with van der Waals surface area (Å²) in [6.07, 6.45) is 1.39. The largest absolute Gasteiger partial charge is 0.507 e. The SMILES string of the molecule is O=c1c2ccccc2[nH]c(=S)n1/N=C/c1cc(Br)ccc1O. The molecule has 3 rings (SSSR count). The van der Waals surface area contributed by atoms with Crippen LogP contribution in [-0.4, -0.2) is 21.0 Å². The average molecular weight is 376 g/mol. The third kappa shape index (κ3) is 2.72. The van der Waals surface area contributed by atoms with Gasteiger partial charge in [0.05, 0.1) is 17.1 Å². The maximum atomic E-state index is 12.4. The number of fused-ring (bicyclic) bond motifs is 1. The Hall–Kier alpha value is -2.25. The monoisotopic (exact) mass is 375 g/mol. The van der Waals surface area contributed by atoms with Crippen LogP contribution in [0.4, 0.5) is 0 Å². The van der Waals surface area contributed by atoms with E-state index < -0.39 is 0 Å². The van der Waals surface area contributed by atoms with Gasteiger partial charge in [-0.25, -0.2) is 0 Å². The van der Waals surface area contributed by atoms with Crippen molar-refractivity contribution < 1.29 is 5.11 Å². The standard InChI is InChI=1S/C15H10BrN3O2S/c16-10-5-6-13(20)9(7-10)8-17-19-14(21)11-3-1-2-4-12(11)18-15(19)22/h1-8,20H,(H,18,22)/b17-8+. The number of halogens is 1. The first-order valence-electron chi connectivity index (χ1n) is 6.33. The highest BCUT2D eigenvalue weighted by atomic mass is 79.9. The van der Waals surface area contributed by atoms with Crippen LogP contribution in [0.5, 0.6) is 5.75 Å². The topological polar surface area (TPSA) is 70.4 Å². The van der Waals surface area contributed by atoms with E-state index in [0.29, 0.717) is 16.5 Å². The summed E-state index contributed by atoms with van der Waals surface area (Å²) in [5, 5.41) is 14.4. The summed E-state index contributed by atoms with van der Waals surface area (Å²) in [7, 11) is 0. The minimum atomic E-state index is -0.315. The number of nitrogens with one attached hydrogen (secondary N) is 1. The number of aromatic hydroxyl groups is 1. The van der Waals surface area contributed by atoms with Crippen molar-refractivity contribution in [1.82, 2.24) is 9.66 Å². The van der Waals surface area contributed by atoms with E-state index in [0.717, 1.165) is 9.15 Å². The highest BCUT2D eigenvalue weighted by Gasteiger charge is 2.04. The minimum Gasteiger partial charge on any atom is -0.507 e. The number of rotatable bonds is 2. The van der Waals surface area contributed by atoms with Crippen LogP contribution in [0.3, 0.4) is 0 Å². The number of H-pyrrole nitrogens is 1. The van der Waals surface area contributed by atoms with Crippen LogP contribution in [0.2, 0.25) is 0 Å². The maximum Gasteiger partial charge on any atom is 0.282 e. The number of aromatic nitrogens is 2. The average Bonchev–Trinajstić information content (AvgIpc) is 2.50. The predicted molar refractivity (Wildman–Crippen MR) is 92.2 cm³/mol. The highest BCUT2D eigenvalue weighted by Crippen LogP contribution is 2.20. The van der Waals surface area contributed by atoms with Crippen molar-refractivity contribution >= 4 is 45.3 Å². The van der Waals surface area contributed by atoms with Crippen molar-refractivity contribution in [2.24, 2.45) is 5.10 Å². The second kappa shape index (κ2) is 5.86. The summed E-state index contributed by atoms with van der Waals surface area (Å²) in [5.74, 6) is 0.0655. The molecule has 2 N–H and O–H groups in total. The van der Waals surface area contributed by atoms with E-state index in [4.69, 9.17) is 12.2 Å². The Kier molecular flexibility index (Phi) is 3.91. The lowest BCUT2D eigenvalue weighted by atomic mass is 10.2. The van der Waals surface area contributed by atoms with E-state index in [2.05, 4.69) is 26.0 Å². The third-order valence-corrected chi connectivity index (χ3v) is 3.85. The second-order valence-electron chi connectivity index (χ2n) is 4.54. The molecule has 0 spiro atoms.